The predicted molar refractivity (Wildman–Crippen MR) is 133 cm³/mol. The number of fused-ring (bicyclic) bond motifs is 1. The highest BCUT2D eigenvalue weighted by atomic mass is 32.1. The number of rotatable bonds is 6. The lowest BCUT2D eigenvalue weighted by Gasteiger charge is -2.44. The highest BCUT2D eigenvalue weighted by Gasteiger charge is 2.47. The van der Waals surface area contributed by atoms with Gasteiger partial charge in [-0.2, -0.15) is 0 Å². The van der Waals surface area contributed by atoms with Crippen molar-refractivity contribution in [2.45, 2.75) is 75.9 Å². The Morgan fingerprint density at radius 1 is 1.06 bits per heavy atom. The van der Waals surface area contributed by atoms with E-state index in [9.17, 15) is 9.59 Å². The average Bonchev–Trinajstić information content (AvgIpc) is 3.55. The Balaban J connectivity index is 1.44. The van der Waals surface area contributed by atoms with Crippen molar-refractivity contribution < 1.29 is 9.59 Å². The fraction of sp³-hybridized carbons (Fsp3) is 0.556. The van der Waals surface area contributed by atoms with E-state index in [1.165, 1.54) is 19.3 Å². The van der Waals surface area contributed by atoms with Crippen molar-refractivity contribution in [3.05, 3.63) is 57.8 Å². The molecule has 2 aliphatic heterocycles. The monoisotopic (exact) mass is 465 g/mol. The molecule has 1 aliphatic carbocycles. The van der Waals surface area contributed by atoms with E-state index in [-0.39, 0.29) is 29.8 Å². The number of hydrogen-bond donors (Lipinski definition) is 1. The van der Waals surface area contributed by atoms with Gasteiger partial charge in [0.2, 0.25) is 5.91 Å². The van der Waals surface area contributed by atoms with Gasteiger partial charge >= 0.3 is 0 Å². The summed E-state index contributed by atoms with van der Waals surface area (Å²) in [5.74, 6) is -0.250. The Morgan fingerprint density at radius 2 is 1.85 bits per heavy atom. The van der Waals surface area contributed by atoms with Gasteiger partial charge in [-0.25, -0.2) is 0 Å². The van der Waals surface area contributed by atoms with Gasteiger partial charge in [-0.3, -0.25) is 14.5 Å². The molecule has 2 fully saturated rings. The van der Waals surface area contributed by atoms with Crippen molar-refractivity contribution in [1.29, 1.82) is 0 Å². The van der Waals surface area contributed by atoms with Crippen LogP contribution in [0.15, 0.2) is 41.8 Å². The number of carbonyl (C=O) groups is 2. The third-order valence-electron chi connectivity index (χ3n) is 7.85. The van der Waals surface area contributed by atoms with Crippen LogP contribution in [-0.2, 0) is 4.79 Å². The molecule has 3 heterocycles. The second-order valence-corrected chi connectivity index (χ2v) is 10.8. The molecule has 2 amide bonds. The molecule has 3 aliphatic rings. The summed E-state index contributed by atoms with van der Waals surface area (Å²) >= 11 is 1.65. The van der Waals surface area contributed by atoms with E-state index in [4.69, 9.17) is 0 Å². The fourth-order valence-electron chi connectivity index (χ4n) is 6.10. The molecule has 0 radical (unpaired) electrons. The van der Waals surface area contributed by atoms with Crippen LogP contribution in [0.3, 0.4) is 0 Å². The van der Waals surface area contributed by atoms with Gasteiger partial charge in [0.15, 0.2) is 0 Å². The number of amides is 2. The summed E-state index contributed by atoms with van der Waals surface area (Å²) in [6, 6.07) is 12.4. The molecule has 5 rings (SSSR count). The summed E-state index contributed by atoms with van der Waals surface area (Å²) in [5, 5.41) is 5.32. The zero-order valence-corrected chi connectivity index (χ0v) is 20.4. The maximum Gasteiger partial charge on any atom is 0.254 e. The van der Waals surface area contributed by atoms with Crippen LogP contribution in [0.4, 0.5) is 0 Å². The van der Waals surface area contributed by atoms with Gasteiger partial charge in [0.1, 0.15) is 0 Å². The normalized spacial score (nSPS) is 26.4. The largest absolute Gasteiger partial charge is 0.354 e. The van der Waals surface area contributed by atoms with Crippen molar-refractivity contribution >= 4 is 23.2 Å². The van der Waals surface area contributed by atoms with Crippen LogP contribution in [0.1, 0.15) is 84.6 Å². The van der Waals surface area contributed by atoms with Crippen LogP contribution in [0.2, 0.25) is 0 Å². The van der Waals surface area contributed by atoms with Crippen LogP contribution in [0.25, 0.3) is 0 Å². The van der Waals surface area contributed by atoms with Gasteiger partial charge in [0, 0.05) is 35.6 Å². The maximum absolute atomic E-state index is 13.8. The molecule has 0 unspecified atom stereocenters. The second-order valence-electron chi connectivity index (χ2n) is 9.85. The molecule has 1 aromatic carbocycles. The smallest absolute Gasteiger partial charge is 0.254 e. The van der Waals surface area contributed by atoms with Crippen LogP contribution in [0, 0.1) is 0 Å². The first-order valence-electron chi connectivity index (χ1n) is 12.6. The van der Waals surface area contributed by atoms with Crippen LogP contribution < -0.4 is 5.32 Å². The zero-order chi connectivity index (χ0) is 22.8. The van der Waals surface area contributed by atoms with E-state index in [2.05, 4.69) is 33.5 Å². The first kappa shape index (κ1) is 22.6. The Bertz CT molecular complexity index is 970. The Kier molecular flexibility index (Phi) is 6.84. The van der Waals surface area contributed by atoms with E-state index in [1.54, 1.807) is 11.3 Å². The first-order valence-corrected chi connectivity index (χ1v) is 13.5. The van der Waals surface area contributed by atoms with Crippen molar-refractivity contribution in [3.63, 3.8) is 0 Å². The van der Waals surface area contributed by atoms with Gasteiger partial charge < -0.3 is 10.2 Å². The number of thiophene rings is 1. The molecule has 0 bridgehead atoms. The summed E-state index contributed by atoms with van der Waals surface area (Å²) < 4.78 is 0. The number of benzene rings is 1. The quantitative estimate of drug-likeness (QED) is 0.656. The van der Waals surface area contributed by atoms with Gasteiger partial charge in [0.05, 0.1) is 12.0 Å². The fourth-order valence-corrected chi connectivity index (χ4v) is 6.96. The third kappa shape index (κ3) is 4.47. The van der Waals surface area contributed by atoms with E-state index < -0.39 is 0 Å². The lowest BCUT2D eigenvalue weighted by molar-refractivity contribution is -0.124. The minimum Gasteiger partial charge on any atom is -0.354 e. The van der Waals surface area contributed by atoms with Gasteiger partial charge in [-0.1, -0.05) is 43.5 Å². The van der Waals surface area contributed by atoms with Gasteiger partial charge in [-0.15, -0.1) is 11.3 Å². The number of nitrogens with one attached hydrogen (secondary N) is 1. The van der Waals surface area contributed by atoms with Crippen molar-refractivity contribution in [1.82, 2.24) is 15.1 Å². The predicted octanol–water partition coefficient (Wildman–Crippen LogP) is 4.96. The van der Waals surface area contributed by atoms with Crippen molar-refractivity contribution in [3.8, 4) is 0 Å². The number of nitrogens with zero attached hydrogens (tertiary/aromatic N) is 2. The molecule has 1 aromatic heterocycles. The highest BCUT2D eigenvalue weighted by Crippen LogP contribution is 2.47. The molecule has 1 saturated carbocycles. The van der Waals surface area contributed by atoms with Crippen LogP contribution >= 0.6 is 11.3 Å². The number of piperidine rings is 1. The van der Waals surface area contributed by atoms with Gasteiger partial charge in [0.25, 0.3) is 5.91 Å². The highest BCUT2D eigenvalue weighted by molar-refractivity contribution is 7.10. The molecule has 0 spiro atoms. The summed E-state index contributed by atoms with van der Waals surface area (Å²) in [7, 11) is 0. The Morgan fingerprint density at radius 3 is 2.61 bits per heavy atom. The minimum absolute atomic E-state index is 0.0426. The maximum atomic E-state index is 13.8. The van der Waals surface area contributed by atoms with E-state index in [1.807, 2.05) is 30.3 Å². The molecule has 5 nitrogen and oxygen atoms in total. The minimum atomic E-state index is -0.378. The van der Waals surface area contributed by atoms with Crippen LogP contribution in [-0.4, -0.2) is 53.3 Å². The zero-order valence-electron chi connectivity index (χ0n) is 19.5. The topological polar surface area (TPSA) is 52.7 Å². The Hall–Kier alpha value is -2.18. The molecule has 2 aromatic rings. The summed E-state index contributed by atoms with van der Waals surface area (Å²) in [5.41, 5.74) is 1.57. The lowest BCUT2D eigenvalue weighted by Crippen LogP contribution is -2.51. The average molecular weight is 466 g/mol. The summed E-state index contributed by atoms with van der Waals surface area (Å²) in [4.78, 5) is 33.2. The number of likely N-dealkylation sites (tertiary alicyclic amines) is 1. The standard InChI is InChI=1S/C27H35N3O2S/c1-19-9-6-7-16-29(19)17-15-28-26(31)24-21-12-4-5-13-22(21)27(32)30(20-10-2-3-11-20)25(24)23-14-8-18-33-23/h4-5,8,12-14,18-20,24-25H,2-3,6-7,9-11,15-17H2,1H3,(H,28,31)/t19-,24-,25+/m1/s1. The van der Waals surface area contributed by atoms with E-state index in [0.717, 1.165) is 49.2 Å². The number of hydrogen-bond acceptors (Lipinski definition) is 4. The van der Waals surface area contributed by atoms with E-state index >= 15 is 0 Å². The van der Waals surface area contributed by atoms with Gasteiger partial charge in [-0.05, 0) is 62.2 Å². The van der Waals surface area contributed by atoms with E-state index in [0.29, 0.717) is 18.2 Å². The molecular formula is C27H35N3O2S. The van der Waals surface area contributed by atoms with Crippen molar-refractivity contribution in [2.24, 2.45) is 0 Å². The van der Waals surface area contributed by atoms with Crippen LogP contribution in [0.5, 0.6) is 0 Å². The SMILES string of the molecule is C[C@@H]1CCCCN1CCNC(=O)[C@@H]1c2ccccc2C(=O)N(C2CCCC2)[C@H]1c1cccs1. The molecule has 33 heavy (non-hydrogen) atoms. The molecular weight excluding hydrogens is 430 g/mol. The molecule has 1 saturated heterocycles. The summed E-state index contributed by atoms with van der Waals surface area (Å²) in [6.07, 6.45) is 8.14. The lowest BCUT2D eigenvalue weighted by atomic mass is 9.80. The molecule has 6 heteroatoms. The molecule has 1 N–H and O–H groups in total. The van der Waals surface area contributed by atoms with Crippen molar-refractivity contribution in [2.75, 3.05) is 19.6 Å². The Labute approximate surface area is 201 Å². The third-order valence-corrected chi connectivity index (χ3v) is 8.79. The summed E-state index contributed by atoms with van der Waals surface area (Å²) in [6.45, 7) is 4.94. The molecule has 176 valence electrons. The molecule has 3 atom stereocenters. The second kappa shape index (κ2) is 9.98. The first-order chi connectivity index (χ1) is 16.1. The number of carbonyl (C=O) groups excluding carboxylic acids is 2.